The standard InChI is InChI=1S/C13H14N2O/c1-10(2)15-13(16)12(8-9-14-15)11-6-4-3-5-7-11/h3-10H,1-2H3. The summed E-state index contributed by atoms with van der Waals surface area (Å²) in [7, 11) is 0. The summed E-state index contributed by atoms with van der Waals surface area (Å²) in [5.74, 6) is 0. The summed E-state index contributed by atoms with van der Waals surface area (Å²) in [4.78, 5) is 12.1. The van der Waals surface area contributed by atoms with Gasteiger partial charge in [0, 0.05) is 6.20 Å². The summed E-state index contributed by atoms with van der Waals surface area (Å²) in [6, 6.07) is 11.5. The minimum Gasteiger partial charge on any atom is -0.267 e. The highest BCUT2D eigenvalue weighted by Crippen LogP contribution is 2.13. The predicted molar refractivity (Wildman–Crippen MR) is 64.3 cm³/mol. The van der Waals surface area contributed by atoms with E-state index in [0.29, 0.717) is 5.56 Å². The average molecular weight is 214 g/mol. The maximum Gasteiger partial charge on any atom is 0.274 e. The number of nitrogens with zero attached hydrogens (tertiary/aromatic N) is 2. The fraction of sp³-hybridized carbons (Fsp3) is 0.231. The minimum absolute atomic E-state index is 0.0382. The first-order valence-electron chi connectivity index (χ1n) is 5.33. The van der Waals surface area contributed by atoms with Gasteiger partial charge in [-0.3, -0.25) is 4.79 Å². The molecule has 1 heterocycles. The first-order chi connectivity index (χ1) is 7.70. The van der Waals surface area contributed by atoms with Crippen LogP contribution in [0.25, 0.3) is 11.1 Å². The normalized spacial score (nSPS) is 10.7. The fourth-order valence-corrected chi connectivity index (χ4v) is 1.63. The molecule has 16 heavy (non-hydrogen) atoms. The highest BCUT2D eigenvalue weighted by molar-refractivity contribution is 5.61. The van der Waals surface area contributed by atoms with Gasteiger partial charge in [0.1, 0.15) is 0 Å². The fourth-order valence-electron chi connectivity index (χ4n) is 1.63. The van der Waals surface area contributed by atoms with Crippen molar-refractivity contribution < 1.29 is 0 Å². The Morgan fingerprint density at radius 2 is 1.81 bits per heavy atom. The van der Waals surface area contributed by atoms with Crippen molar-refractivity contribution in [1.82, 2.24) is 9.78 Å². The Kier molecular flexibility index (Phi) is 2.86. The van der Waals surface area contributed by atoms with Gasteiger partial charge < -0.3 is 0 Å². The van der Waals surface area contributed by atoms with E-state index in [0.717, 1.165) is 5.56 Å². The molecule has 0 saturated heterocycles. The highest BCUT2D eigenvalue weighted by Gasteiger charge is 2.07. The van der Waals surface area contributed by atoms with E-state index in [9.17, 15) is 4.79 Å². The molecule has 0 aliphatic carbocycles. The highest BCUT2D eigenvalue weighted by atomic mass is 16.1. The van der Waals surface area contributed by atoms with Crippen LogP contribution in [0, 0.1) is 0 Å². The van der Waals surface area contributed by atoms with Crippen molar-refractivity contribution in [2.45, 2.75) is 19.9 Å². The van der Waals surface area contributed by atoms with Crippen LogP contribution >= 0.6 is 0 Å². The van der Waals surface area contributed by atoms with E-state index >= 15 is 0 Å². The van der Waals surface area contributed by atoms with Crippen molar-refractivity contribution in [3.63, 3.8) is 0 Å². The van der Waals surface area contributed by atoms with Gasteiger partial charge in [0.25, 0.3) is 5.56 Å². The second kappa shape index (κ2) is 4.31. The van der Waals surface area contributed by atoms with Gasteiger partial charge in [-0.05, 0) is 25.5 Å². The molecule has 0 N–H and O–H groups in total. The van der Waals surface area contributed by atoms with E-state index in [4.69, 9.17) is 0 Å². The van der Waals surface area contributed by atoms with Crippen molar-refractivity contribution in [1.29, 1.82) is 0 Å². The molecule has 0 spiro atoms. The summed E-state index contributed by atoms with van der Waals surface area (Å²) >= 11 is 0. The SMILES string of the molecule is CC(C)n1nccc(-c2ccccc2)c1=O. The van der Waals surface area contributed by atoms with E-state index in [1.54, 1.807) is 12.3 Å². The largest absolute Gasteiger partial charge is 0.274 e. The molecule has 0 bridgehead atoms. The van der Waals surface area contributed by atoms with Crippen molar-refractivity contribution in [3.8, 4) is 11.1 Å². The summed E-state index contributed by atoms with van der Waals surface area (Å²) in [6.07, 6.45) is 1.67. The topological polar surface area (TPSA) is 34.9 Å². The van der Waals surface area contributed by atoms with Gasteiger partial charge in [-0.2, -0.15) is 5.10 Å². The van der Waals surface area contributed by atoms with Crippen LogP contribution in [0.1, 0.15) is 19.9 Å². The molecule has 0 unspecified atom stereocenters. The van der Waals surface area contributed by atoms with Crippen molar-refractivity contribution in [2.24, 2.45) is 0 Å². The van der Waals surface area contributed by atoms with Gasteiger partial charge in [0.05, 0.1) is 11.6 Å². The van der Waals surface area contributed by atoms with Crippen molar-refractivity contribution >= 4 is 0 Å². The lowest BCUT2D eigenvalue weighted by molar-refractivity contribution is 0.504. The Bertz CT molecular complexity index is 529. The van der Waals surface area contributed by atoms with Gasteiger partial charge in [0.2, 0.25) is 0 Å². The number of aromatic nitrogens is 2. The molecule has 3 nitrogen and oxygen atoms in total. The quantitative estimate of drug-likeness (QED) is 0.769. The first kappa shape index (κ1) is 10.6. The smallest absolute Gasteiger partial charge is 0.267 e. The molecule has 1 aromatic carbocycles. The zero-order chi connectivity index (χ0) is 11.5. The van der Waals surface area contributed by atoms with Crippen LogP contribution in [-0.4, -0.2) is 9.78 Å². The van der Waals surface area contributed by atoms with Gasteiger partial charge >= 0.3 is 0 Å². The monoisotopic (exact) mass is 214 g/mol. The second-order valence-corrected chi connectivity index (χ2v) is 3.95. The molecular weight excluding hydrogens is 200 g/mol. The molecule has 2 rings (SSSR count). The summed E-state index contributed by atoms with van der Waals surface area (Å²) in [6.45, 7) is 3.90. The Balaban J connectivity index is 2.60. The Hall–Kier alpha value is -1.90. The number of rotatable bonds is 2. The number of benzene rings is 1. The molecule has 3 heteroatoms. The molecule has 0 saturated carbocycles. The van der Waals surface area contributed by atoms with E-state index in [1.165, 1.54) is 4.68 Å². The molecule has 0 amide bonds. The van der Waals surface area contributed by atoms with Crippen LogP contribution in [0.2, 0.25) is 0 Å². The van der Waals surface area contributed by atoms with E-state index in [1.807, 2.05) is 44.2 Å². The maximum absolute atomic E-state index is 12.1. The first-order valence-corrected chi connectivity index (χ1v) is 5.33. The molecule has 0 aliphatic rings. The Morgan fingerprint density at radius 3 is 2.44 bits per heavy atom. The third-order valence-electron chi connectivity index (χ3n) is 2.44. The van der Waals surface area contributed by atoms with Crippen LogP contribution in [-0.2, 0) is 0 Å². The zero-order valence-corrected chi connectivity index (χ0v) is 9.42. The van der Waals surface area contributed by atoms with Crippen LogP contribution in [0.15, 0.2) is 47.4 Å². The van der Waals surface area contributed by atoms with Gasteiger partial charge in [-0.25, -0.2) is 4.68 Å². The van der Waals surface area contributed by atoms with E-state index in [2.05, 4.69) is 5.10 Å². The Morgan fingerprint density at radius 1 is 1.12 bits per heavy atom. The molecule has 0 aliphatic heterocycles. The number of hydrogen-bond acceptors (Lipinski definition) is 2. The molecule has 1 aromatic heterocycles. The molecule has 0 fully saturated rings. The second-order valence-electron chi connectivity index (χ2n) is 3.95. The lowest BCUT2D eigenvalue weighted by Crippen LogP contribution is -2.25. The molecule has 82 valence electrons. The zero-order valence-electron chi connectivity index (χ0n) is 9.42. The average Bonchev–Trinajstić information content (AvgIpc) is 2.30. The van der Waals surface area contributed by atoms with Crippen molar-refractivity contribution in [3.05, 3.63) is 52.9 Å². The number of hydrogen-bond donors (Lipinski definition) is 0. The van der Waals surface area contributed by atoms with Crippen molar-refractivity contribution in [2.75, 3.05) is 0 Å². The van der Waals surface area contributed by atoms with Gasteiger partial charge in [-0.15, -0.1) is 0 Å². The third kappa shape index (κ3) is 1.89. The summed E-state index contributed by atoms with van der Waals surface area (Å²) in [5.41, 5.74) is 1.59. The van der Waals surface area contributed by atoms with Crippen LogP contribution < -0.4 is 5.56 Å². The lowest BCUT2D eigenvalue weighted by atomic mass is 10.1. The van der Waals surface area contributed by atoms with Crippen LogP contribution in [0.5, 0.6) is 0 Å². The van der Waals surface area contributed by atoms with Gasteiger partial charge in [-0.1, -0.05) is 30.3 Å². The molecule has 0 radical (unpaired) electrons. The van der Waals surface area contributed by atoms with E-state index in [-0.39, 0.29) is 11.6 Å². The van der Waals surface area contributed by atoms with Gasteiger partial charge in [0.15, 0.2) is 0 Å². The summed E-state index contributed by atoms with van der Waals surface area (Å²) < 4.78 is 1.50. The maximum atomic E-state index is 12.1. The minimum atomic E-state index is -0.0382. The Labute approximate surface area is 94.4 Å². The molecule has 0 atom stereocenters. The molecular formula is C13H14N2O. The molecule has 2 aromatic rings. The van der Waals surface area contributed by atoms with Crippen LogP contribution in [0.3, 0.4) is 0 Å². The van der Waals surface area contributed by atoms with Crippen LogP contribution in [0.4, 0.5) is 0 Å². The third-order valence-corrected chi connectivity index (χ3v) is 2.44. The van der Waals surface area contributed by atoms with E-state index < -0.39 is 0 Å². The lowest BCUT2D eigenvalue weighted by Gasteiger charge is -2.09. The predicted octanol–water partition coefficient (Wildman–Crippen LogP) is 2.49. The summed E-state index contributed by atoms with van der Waals surface area (Å²) in [5, 5.41) is 4.07.